The predicted octanol–water partition coefficient (Wildman–Crippen LogP) is -0.773. The van der Waals surface area contributed by atoms with Crippen LogP contribution in [-0.4, -0.2) is 61.6 Å². The Hall–Kier alpha value is -3.57. The molecular weight excluding hydrogens is 276 g/mol. The summed E-state index contributed by atoms with van der Waals surface area (Å²) >= 11 is 0. The largest absolute Gasteiger partial charge is 0.241 e. The fourth-order valence-corrected chi connectivity index (χ4v) is 1.79. The number of rotatable bonds is 3. The number of nitrogens with one attached hydrogen (secondary N) is 3. The minimum Gasteiger partial charge on any atom is -0.241 e. The Kier molecular flexibility index (Phi) is 2.42. The highest BCUT2D eigenvalue weighted by molar-refractivity contribution is 5.70. The minimum atomic E-state index is 0.352. The molecule has 0 saturated heterocycles. The first-order valence-electron chi connectivity index (χ1n) is 5.76. The van der Waals surface area contributed by atoms with Crippen molar-refractivity contribution in [1.82, 2.24) is 61.6 Å². The lowest BCUT2D eigenvalue weighted by molar-refractivity contribution is 0.881. The second-order valence-electron chi connectivity index (χ2n) is 3.95. The molecule has 0 unspecified atom stereocenters. The number of H-pyrrole nitrogens is 3. The zero-order valence-electron chi connectivity index (χ0n) is 10.3. The fourth-order valence-electron chi connectivity index (χ4n) is 1.79. The first-order chi connectivity index (χ1) is 10.4. The van der Waals surface area contributed by atoms with Crippen molar-refractivity contribution in [3.8, 4) is 34.3 Å². The lowest BCUT2D eigenvalue weighted by Crippen LogP contribution is -1.94. The van der Waals surface area contributed by atoms with Crippen molar-refractivity contribution in [2.24, 2.45) is 0 Å². The molecule has 0 amide bonds. The van der Waals surface area contributed by atoms with Crippen LogP contribution in [0.1, 0.15) is 0 Å². The first-order valence-corrected chi connectivity index (χ1v) is 5.76. The predicted molar refractivity (Wildman–Crippen MR) is 66.0 cm³/mol. The third kappa shape index (κ3) is 1.99. The Balaban J connectivity index is 1.92. The van der Waals surface area contributed by atoms with Gasteiger partial charge in [0.25, 0.3) is 0 Å². The summed E-state index contributed by atoms with van der Waals surface area (Å²) in [4.78, 5) is 4.40. The van der Waals surface area contributed by atoms with Crippen molar-refractivity contribution in [2.75, 3.05) is 0 Å². The van der Waals surface area contributed by atoms with Gasteiger partial charge in [0, 0.05) is 5.56 Å². The lowest BCUT2D eigenvalue weighted by Gasteiger charge is -2.02. The number of hydrogen-bond donors (Lipinski definition) is 3. The van der Waals surface area contributed by atoms with Gasteiger partial charge >= 0.3 is 0 Å². The van der Waals surface area contributed by atoms with Crippen molar-refractivity contribution < 1.29 is 0 Å². The summed E-state index contributed by atoms with van der Waals surface area (Å²) in [5.74, 6) is 0.704. The van der Waals surface area contributed by atoms with E-state index in [9.17, 15) is 0 Å². The highest BCUT2D eigenvalue weighted by atomic mass is 15.5. The van der Waals surface area contributed by atoms with E-state index in [-0.39, 0.29) is 0 Å². The summed E-state index contributed by atoms with van der Waals surface area (Å²) in [5.41, 5.74) is 2.42. The Bertz CT molecular complexity index is 704. The summed E-state index contributed by atoms with van der Waals surface area (Å²) in [7, 11) is 0. The van der Waals surface area contributed by atoms with E-state index in [0.29, 0.717) is 28.7 Å². The van der Waals surface area contributed by atoms with Gasteiger partial charge in [0.05, 0.1) is 6.20 Å². The molecule has 4 rings (SSSR count). The fraction of sp³-hybridized carbons (Fsp3) is 0. The van der Waals surface area contributed by atoms with Crippen molar-refractivity contribution in [2.45, 2.75) is 0 Å². The van der Waals surface area contributed by atoms with Crippen LogP contribution in [0, 0.1) is 0 Å². The third-order valence-corrected chi connectivity index (χ3v) is 2.69. The Morgan fingerprint density at radius 3 is 1.86 bits per heavy atom. The van der Waals surface area contributed by atoms with Gasteiger partial charge in [0.1, 0.15) is 17.1 Å². The average molecular weight is 282 g/mol. The van der Waals surface area contributed by atoms with Crippen LogP contribution in [0.25, 0.3) is 34.3 Å². The zero-order chi connectivity index (χ0) is 14.1. The van der Waals surface area contributed by atoms with Crippen molar-refractivity contribution in [1.29, 1.82) is 0 Å². The van der Waals surface area contributed by atoms with E-state index in [0.717, 1.165) is 5.56 Å². The van der Waals surface area contributed by atoms with Crippen LogP contribution in [0.15, 0.2) is 18.3 Å². The van der Waals surface area contributed by atoms with E-state index in [1.54, 1.807) is 18.3 Å². The van der Waals surface area contributed by atoms with E-state index >= 15 is 0 Å². The number of aromatic amines is 3. The molecule has 0 aliphatic heterocycles. The number of aromatic nitrogens is 12. The summed E-state index contributed by atoms with van der Waals surface area (Å²) in [6.45, 7) is 0. The molecule has 21 heavy (non-hydrogen) atoms. The van der Waals surface area contributed by atoms with Gasteiger partial charge in [-0.3, -0.25) is 0 Å². The van der Waals surface area contributed by atoms with Gasteiger partial charge in [0.2, 0.25) is 11.6 Å². The molecule has 0 atom stereocenters. The smallest absolute Gasteiger partial charge is 0.223 e. The molecule has 0 aliphatic carbocycles. The maximum absolute atomic E-state index is 4.40. The van der Waals surface area contributed by atoms with E-state index < -0.39 is 0 Å². The molecule has 0 spiro atoms. The molecule has 12 heteroatoms. The third-order valence-electron chi connectivity index (χ3n) is 2.69. The van der Waals surface area contributed by atoms with Gasteiger partial charge in [-0.15, -0.1) is 20.4 Å². The van der Waals surface area contributed by atoms with Gasteiger partial charge in [0.15, 0.2) is 0 Å². The average Bonchev–Trinajstić information content (AvgIpc) is 3.29. The first kappa shape index (κ1) is 11.3. The summed E-state index contributed by atoms with van der Waals surface area (Å²) in [5, 5.41) is 37.8. The number of hydrogen-bond acceptors (Lipinski definition) is 9. The molecule has 4 heterocycles. The molecule has 0 radical (unpaired) electrons. The van der Waals surface area contributed by atoms with Crippen molar-refractivity contribution >= 4 is 0 Å². The van der Waals surface area contributed by atoms with Crippen LogP contribution in [0.4, 0.5) is 0 Å². The maximum Gasteiger partial charge on any atom is 0.223 e. The topological polar surface area (TPSA) is 163 Å². The molecule has 102 valence electrons. The quantitative estimate of drug-likeness (QED) is 0.437. The molecular formula is C9H6N12. The summed E-state index contributed by atoms with van der Waals surface area (Å²) < 4.78 is 0. The normalized spacial score (nSPS) is 10.9. The van der Waals surface area contributed by atoms with Gasteiger partial charge in [-0.05, 0) is 22.6 Å². The molecule has 0 bridgehead atoms. The monoisotopic (exact) mass is 282 g/mol. The highest BCUT2D eigenvalue weighted by Crippen LogP contribution is 2.25. The van der Waals surface area contributed by atoms with Crippen LogP contribution in [0.5, 0.6) is 0 Å². The van der Waals surface area contributed by atoms with Gasteiger partial charge in [-0.25, -0.2) is 4.98 Å². The van der Waals surface area contributed by atoms with Crippen LogP contribution < -0.4 is 0 Å². The van der Waals surface area contributed by atoms with Crippen LogP contribution >= 0.6 is 0 Å². The van der Waals surface area contributed by atoms with Crippen molar-refractivity contribution in [3.63, 3.8) is 0 Å². The SMILES string of the molecule is c1n[nH]nc1-c1cc(-c2nn[nH]n2)nc(-c2nn[nH]n2)c1. The molecule has 4 aromatic rings. The number of nitrogens with zero attached hydrogens (tertiary/aromatic N) is 9. The van der Waals surface area contributed by atoms with E-state index in [2.05, 4.69) is 61.6 Å². The van der Waals surface area contributed by atoms with Crippen molar-refractivity contribution in [3.05, 3.63) is 18.3 Å². The van der Waals surface area contributed by atoms with Crippen LogP contribution in [0.3, 0.4) is 0 Å². The molecule has 4 aromatic heterocycles. The molecule has 0 fully saturated rings. The Morgan fingerprint density at radius 1 is 0.714 bits per heavy atom. The molecule has 0 aromatic carbocycles. The van der Waals surface area contributed by atoms with E-state index in [1.807, 2.05) is 0 Å². The van der Waals surface area contributed by atoms with Crippen LogP contribution in [-0.2, 0) is 0 Å². The standard InChI is InChI=1S/C9H6N12/c1-4(7-3-10-17-12-7)2-6(9-15-20-21-16-9)11-5(1)8-13-18-19-14-8/h1-3H,(H,10,12,17)(H,13,14,18,19)(H,15,16,20,21). The second kappa shape index (κ2) is 4.52. The number of tetrazole rings is 2. The summed E-state index contributed by atoms with van der Waals surface area (Å²) in [6.07, 6.45) is 1.59. The lowest BCUT2D eigenvalue weighted by atomic mass is 10.1. The molecule has 3 N–H and O–H groups in total. The molecule has 0 saturated carbocycles. The van der Waals surface area contributed by atoms with Gasteiger partial charge in [-0.2, -0.15) is 25.8 Å². The summed E-state index contributed by atoms with van der Waals surface area (Å²) in [6, 6.07) is 3.54. The second-order valence-corrected chi connectivity index (χ2v) is 3.95. The van der Waals surface area contributed by atoms with Gasteiger partial charge in [-0.1, -0.05) is 0 Å². The van der Waals surface area contributed by atoms with E-state index in [1.165, 1.54) is 0 Å². The Morgan fingerprint density at radius 2 is 1.38 bits per heavy atom. The number of pyridine rings is 1. The minimum absolute atomic E-state index is 0.352. The van der Waals surface area contributed by atoms with Gasteiger partial charge < -0.3 is 0 Å². The highest BCUT2D eigenvalue weighted by Gasteiger charge is 2.14. The molecule has 12 nitrogen and oxygen atoms in total. The molecule has 0 aliphatic rings. The van der Waals surface area contributed by atoms with Crippen LogP contribution in [0.2, 0.25) is 0 Å². The van der Waals surface area contributed by atoms with E-state index in [4.69, 9.17) is 0 Å². The zero-order valence-corrected chi connectivity index (χ0v) is 10.3. The Labute approximate surface area is 115 Å². The maximum atomic E-state index is 4.40.